The van der Waals surface area contributed by atoms with Crippen LogP contribution in [0.2, 0.25) is 0 Å². The fraction of sp³-hybridized carbons (Fsp3) is 0.328. The van der Waals surface area contributed by atoms with E-state index in [1.165, 1.54) is 97.2 Å². The lowest BCUT2D eigenvalue weighted by molar-refractivity contribution is 1.09. The summed E-state index contributed by atoms with van der Waals surface area (Å²) in [5.41, 5.74) is 18.9. The first kappa shape index (κ1) is 148. The minimum absolute atomic E-state index is 0. The number of hydrogen-bond acceptors (Lipinski definition) is 0. The molecule has 0 spiro atoms. The van der Waals surface area contributed by atoms with Gasteiger partial charge in [-0.25, -0.2) is 0 Å². The molecule has 0 atom stereocenters. The summed E-state index contributed by atoms with van der Waals surface area (Å²) in [4.78, 5) is 0. The summed E-state index contributed by atoms with van der Waals surface area (Å²) >= 11 is 0. The van der Waals surface area contributed by atoms with Crippen molar-refractivity contribution in [1.82, 2.24) is 0 Å². The van der Waals surface area contributed by atoms with E-state index in [1.54, 1.807) is 0 Å². The first-order valence-electron chi connectivity index (χ1n) is 49.8. The third-order valence-corrected chi connectivity index (χ3v) is 15.4. The van der Waals surface area contributed by atoms with E-state index in [2.05, 4.69) is 369 Å². The van der Waals surface area contributed by atoms with Gasteiger partial charge >= 0.3 is 0 Å². The van der Waals surface area contributed by atoms with Crippen LogP contribution in [0.5, 0.6) is 0 Å². The highest BCUT2D eigenvalue weighted by molar-refractivity contribution is 5.21. The van der Waals surface area contributed by atoms with Gasteiger partial charge in [0.25, 0.3) is 0 Å². The third-order valence-electron chi connectivity index (χ3n) is 15.4. The minimum Gasteiger partial charge on any atom is -0.0776 e. The Morgan fingerprint density at radius 3 is 0.194 bits per heavy atom. The molecule has 0 aromatic heterocycles. The molecule has 0 saturated carbocycles. The third kappa shape index (κ3) is 127. The normalized spacial score (nSPS) is 7.90. The predicted octanol–water partition coefficient (Wildman–Crippen LogP) is 43.6. The van der Waals surface area contributed by atoms with E-state index in [0.29, 0.717) is 0 Å². The predicted molar refractivity (Wildman–Crippen MR) is 627 cm³/mol. The van der Waals surface area contributed by atoms with Crippen molar-refractivity contribution in [3.05, 3.63) is 539 Å². The molecular weight excluding hydrogens is 1610 g/mol. The zero-order valence-electron chi connectivity index (χ0n) is 90.5. The van der Waals surface area contributed by atoms with Crippen LogP contribution < -0.4 is 0 Å². The molecule has 0 heterocycles. The van der Waals surface area contributed by atoms with Gasteiger partial charge in [0, 0.05) is 0 Å². The van der Waals surface area contributed by atoms with Gasteiger partial charge in [-0.05, 0) is 122 Å². The van der Waals surface area contributed by atoms with Crippen LogP contribution in [-0.2, 0) is 32.1 Å². The van der Waals surface area contributed by atoms with Gasteiger partial charge in [0.15, 0.2) is 0 Å². The van der Waals surface area contributed by atoms with Crippen molar-refractivity contribution in [2.24, 2.45) is 0 Å². The molecule has 0 radical (unpaired) electrons. The number of benzene rings is 15. The number of hydrogen-bond donors (Lipinski definition) is 0. The Bertz CT molecular complexity index is 3450. The topological polar surface area (TPSA) is 0 Å². The zero-order chi connectivity index (χ0) is 101. The monoisotopic (exact) mass is 1810 g/mol. The van der Waals surface area contributed by atoms with E-state index in [0.717, 1.165) is 32.1 Å². The number of aryl methyl sites for hydroxylation is 14. The van der Waals surface area contributed by atoms with Crippen molar-refractivity contribution in [1.29, 1.82) is 0 Å². The molecule has 0 heteroatoms. The summed E-state index contributed by atoms with van der Waals surface area (Å²) in [6.07, 6.45) is 9.45. The first-order chi connectivity index (χ1) is 64.4. The first-order valence-corrected chi connectivity index (χ1v) is 49.8. The fourth-order valence-electron chi connectivity index (χ4n) is 8.76. The van der Waals surface area contributed by atoms with Gasteiger partial charge in [-0.3, -0.25) is 0 Å². The molecule has 134 heavy (non-hydrogen) atoms. The average molecular weight is 1810 g/mol. The Morgan fingerprint density at radius 1 is 0.104 bits per heavy atom. The van der Waals surface area contributed by atoms with E-state index in [-0.39, 0.29) is 14.9 Å². The molecule has 0 bridgehead atoms. The second-order valence-electron chi connectivity index (χ2n) is 27.4. The molecule has 0 N–H and O–H groups in total. The lowest BCUT2D eigenvalue weighted by Gasteiger charge is -1.89. The molecule has 0 aliphatic carbocycles. The lowest BCUT2D eigenvalue weighted by Crippen LogP contribution is -1.73. The lowest BCUT2D eigenvalue weighted by atomic mass is 10.2. The molecule has 0 aliphatic rings. The summed E-state index contributed by atoms with van der Waals surface area (Å²) in [6.45, 7) is 70.3. The Labute approximate surface area is 834 Å². The molecule has 15 aromatic carbocycles. The maximum Gasteiger partial charge on any atom is -0.0307 e. The maximum absolute atomic E-state index is 2.16. The van der Waals surface area contributed by atoms with Gasteiger partial charge in [0.2, 0.25) is 0 Å². The number of rotatable bonds is 5. The summed E-state index contributed by atoms with van der Waals surface area (Å²) in [7, 11) is 0. The highest BCUT2D eigenvalue weighted by atomic mass is 13.9. The van der Waals surface area contributed by atoms with Crippen LogP contribution in [0.15, 0.2) is 461 Å². The van der Waals surface area contributed by atoms with Gasteiger partial charge in [0.1, 0.15) is 0 Å². The summed E-state index contributed by atoms with van der Waals surface area (Å²) in [6, 6.07) is 157. The smallest absolute Gasteiger partial charge is 0.0307 e. The quantitative estimate of drug-likeness (QED) is 0.161. The molecular formula is C134H202. The molecule has 0 unspecified atom stereocenters. The fourth-order valence-corrected chi connectivity index (χ4v) is 8.76. The molecule has 0 saturated heterocycles. The van der Waals surface area contributed by atoms with Crippen LogP contribution in [0.1, 0.15) is 285 Å². The van der Waals surface area contributed by atoms with Crippen LogP contribution in [0, 0.1) is 62.3 Å². The molecule has 0 nitrogen and oxygen atoms in total. The maximum atomic E-state index is 2.16. The largest absolute Gasteiger partial charge is 0.0776 e. The van der Waals surface area contributed by atoms with E-state index in [9.17, 15) is 0 Å². The van der Waals surface area contributed by atoms with Crippen LogP contribution in [-0.4, -0.2) is 0 Å². The van der Waals surface area contributed by atoms with E-state index < -0.39 is 0 Å². The SMILES string of the molecule is C.C.CC.CC.CC.CC.CC.CC.CC.CCC.CCC.CCC.CCc1ccccc1.CCc1ccccc1.CCc1ccccc1.CCc1ccccc1.CCc1ccccc1.Cc1ccccc1.Cc1ccccc1.Cc1ccccc1.Cc1ccccc1.Cc1ccccc1.Cc1ccccc1.Cc1ccccc1.Cc1ccccc1.Cc1ccccc1.c1ccccc1. The second kappa shape index (κ2) is 134. The molecule has 0 aliphatic heterocycles. The molecule has 0 fully saturated rings. The Hall–Kier alpha value is -11.7. The standard InChI is InChI=1S/5C8H10.9C7H8.C6H6.3C3H8.7C2H6.2CH4/c5*1-2-8-6-4-3-5-7-8;9*1-7-5-3-2-4-6-7;1-2-4-6-5-3-1;3*1-3-2;7*1-2;;/h5*3-7H,2H2,1H3;9*2-6H,1H3;1-6H;3*3H2,1-2H3;7*1-2H3;2*1H4. The molecule has 15 aromatic rings. The molecule has 15 rings (SSSR count). The molecule has 738 valence electrons. The van der Waals surface area contributed by atoms with Gasteiger partial charge in [-0.1, -0.05) is 718 Å². The van der Waals surface area contributed by atoms with Crippen LogP contribution >= 0.6 is 0 Å². The summed E-state index contributed by atoms with van der Waals surface area (Å²) in [5, 5.41) is 0. The summed E-state index contributed by atoms with van der Waals surface area (Å²) in [5.74, 6) is 0. The van der Waals surface area contributed by atoms with Crippen molar-refractivity contribution < 1.29 is 0 Å². The van der Waals surface area contributed by atoms with E-state index >= 15 is 0 Å². The van der Waals surface area contributed by atoms with Crippen molar-refractivity contribution in [2.75, 3.05) is 0 Å². The average Bonchev–Trinajstić information content (AvgIpc) is 0.980. The van der Waals surface area contributed by atoms with Crippen LogP contribution in [0.4, 0.5) is 0 Å². The van der Waals surface area contributed by atoms with Crippen molar-refractivity contribution >= 4 is 0 Å². The summed E-state index contributed by atoms with van der Waals surface area (Å²) < 4.78 is 0. The van der Waals surface area contributed by atoms with Crippen LogP contribution in [0.3, 0.4) is 0 Å². The van der Waals surface area contributed by atoms with E-state index in [4.69, 9.17) is 0 Å². The van der Waals surface area contributed by atoms with Crippen molar-refractivity contribution in [3.63, 3.8) is 0 Å². The van der Waals surface area contributed by atoms with Crippen molar-refractivity contribution in [3.8, 4) is 0 Å². The van der Waals surface area contributed by atoms with E-state index in [1.807, 2.05) is 327 Å². The van der Waals surface area contributed by atoms with Gasteiger partial charge in [-0.15, -0.1) is 0 Å². The van der Waals surface area contributed by atoms with Gasteiger partial charge in [0.05, 0.1) is 0 Å². The highest BCUT2D eigenvalue weighted by Crippen LogP contribution is 2.04. The van der Waals surface area contributed by atoms with Crippen LogP contribution in [0.25, 0.3) is 0 Å². The Balaban J connectivity index is -0.000000117. The highest BCUT2D eigenvalue weighted by Gasteiger charge is 1.86. The Kier molecular flexibility index (Phi) is 148. The minimum atomic E-state index is 0. The zero-order valence-corrected chi connectivity index (χ0v) is 90.5. The molecule has 0 amide bonds. The Morgan fingerprint density at radius 2 is 0.157 bits per heavy atom. The van der Waals surface area contributed by atoms with Crippen molar-refractivity contribution in [2.45, 2.75) is 302 Å². The second-order valence-corrected chi connectivity index (χ2v) is 27.4. The van der Waals surface area contributed by atoms with Gasteiger partial charge < -0.3 is 0 Å². The van der Waals surface area contributed by atoms with Gasteiger partial charge in [-0.2, -0.15) is 0 Å².